The van der Waals surface area contributed by atoms with E-state index >= 15 is 0 Å². The Bertz CT molecular complexity index is 296. The molecular formula is C12H21N3O. The largest absolute Gasteiger partial charge is 0.287 e. The third-order valence-corrected chi connectivity index (χ3v) is 3.27. The molecule has 4 nitrogen and oxygen atoms in total. The second-order valence-corrected chi connectivity index (χ2v) is 5.21. The Labute approximate surface area is 97.6 Å². The molecule has 0 radical (unpaired) electrons. The molecule has 1 aliphatic heterocycles. The van der Waals surface area contributed by atoms with Gasteiger partial charge in [0.15, 0.2) is 0 Å². The minimum atomic E-state index is -0.961. The Morgan fingerprint density at radius 3 is 2.31 bits per heavy atom. The topological polar surface area (TPSA) is 56.1 Å². The highest BCUT2D eigenvalue weighted by Crippen LogP contribution is 2.22. The Morgan fingerprint density at radius 1 is 1.38 bits per heavy atom. The molecule has 1 aliphatic rings. The lowest BCUT2D eigenvalue weighted by molar-refractivity contribution is -0.135. The average molecular weight is 223 g/mol. The van der Waals surface area contributed by atoms with Gasteiger partial charge in [0.2, 0.25) is 0 Å². The van der Waals surface area contributed by atoms with Crippen LogP contribution in [-0.4, -0.2) is 23.0 Å². The fraction of sp³-hybridized carbons (Fsp3) is 0.833. The summed E-state index contributed by atoms with van der Waals surface area (Å²) in [5, 5.41) is 10.9. The van der Waals surface area contributed by atoms with Crippen LogP contribution in [0.15, 0.2) is 0 Å². The van der Waals surface area contributed by atoms with Crippen LogP contribution in [0.3, 0.4) is 0 Å². The normalized spacial score (nSPS) is 27.2. The van der Waals surface area contributed by atoms with E-state index in [4.69, 9.17) is 5.26 Å². The molecule has 1 fully saturated rings. The summed E-state index contributed by atoms with van der Waals surface area (Å²) in [6.45, 7) is 7.49. The predicted octanol–water partition coefficient (Wildman–Crippen LogP) is 1.83. The maximum atomic E-state index is 11.9. The third kappa shape index (κ3) is 2.73. The molecule has 0 saturated carbocycles. The smallest absolute Gasteiger partial charge is 0.254 e. The summed E-state index contributed by atoms with van der Waals surface area (Å²) in [4.78, 5) is 11.9. The SMILES string of the molecule is CC1CCCC(C)N1NC(=O)C(C)(C)C#N. The zero-order valence-electron chi connectivity index (χ0n) is 10.6. The van der Waals surface area contributed by atoms with E-state index in [0.29, 0.717) is 12.1 Å². The number of amides is 1. The van der Waals surface area contributed by atoms with Crippen molar-refractivity contribution >= 4 is 5.91 Å². The lowest BCUT2D eigenvalue weighted by Gasteiger charge is -2.39. The lowest BCUT2D eigenvalue weighted by Crippen LogP contribution is -2.56. The van der Waals surface area contributed by atoms with Gasteiger partial charge >= 0.3 is 0 Å². The van der Waals surface area contributed by atoms with Crippen LogP contribution in [0.5, 0.6) is 0 Å². The predicted molar refractivity (Wildman–Crippen MR) is 62.2 cm³/mol. The van der Waals surface area contributed by atoms with E-state index in [2.05, 4.69) is 19.3 Å². The number of rotatable bonds is 2. The minimum Gasteiger partial charge on any atom is -0.287 e. The first-order valence-corrected chi connectivity index (χ1v) is 5.89. The first-order valence-electron chi connectivity index (χ1n) is 5.89. The van der Waals surface area contributed by atoms with Crippen LogP contribution in [0, 0.1) is 16.7 Å². The molecule has 1 N–H and O–H groups in total. The fourth-order valence-corrected chi connectivity index (χ4v) is 1.95. The van der Waals surface area contributed by atoms with Crippen molar-refractivity contribution in [2.45, 2.75) is 59.0 Å². The highest BCUT2D eigenvalue weighted by atomic mass is 16.2. The highest BCUT2D eigenvalue weighted by Gasteiger charge is 2.32. The van der Waals surface area contributed by atoms with Crippen LogP contribution in [0.2, 0.25) is 0 Å². The number of nitrogens with zero attached hydrogens (tertiary/aromatic N) is 2. The van der Waals surface area contributed by atoms with Crippen molar-refractivity contribution < 1.29 is 4.79 Å². The number of piperidine rings is 1. The average Bonchev–Trinajstić information content (AvgIpc) is 2.23. The van der Waals surface area contributed by atoms with E-state index in [9.17, 15) is 4.79 Å². The van der Waals surface area contributed by atoms with Gasteiger partial charge in [-0.2, -0.15) is 5.26 Å². The van der Waals surface area contributed by atoms with Crippen molar-refractivity contribution in [3.63, 3.8) is 0 Å². The van der Waals surface area contributed by atoms with Gasteiger partial charge in [0.1, 0.15) is 5.41 Å². The molecule has 0 aliphatic carbocycles. The Morgan fingerprint density at radius 2 is 1.88 bits per heavy atom. The van der Waals surface area contributed by atoms with E-state index < -0.39 is 5.41 Å². The lowest BCUT2D eigenvalue weighted by atomic mass is 9.94. The van der Waals surface area contributed by atoms with Crippen molar-refractivity contribution in [1.82, 2.24) is 10.4 Å². The van der Waals surface area contributed by atoms with Gasteiger partial charge < -0.3 is 0 Å². The van der Waals surface area contributed by atoms with Crippen molar-refractivity contribution in [3.8, 4) is 6.07 Å². The van der Waals surface area contributed by atoms with Crippen molar-refractivity contribution in [2.75, 3.05) is 0 Å². The third-order valence-electron chi connectivity index (χ3n) is 3.27. The Balaban J connectivity index is 2.66. The molecule has 0 aromatic rings. The van der Waals surface area contributed by atoms with E-state index in [-0.39, 0.29) is 5.91 Å². The summed E-state index contributed by atoms with van der Waals surface area (Å²) < 4.78 is 0. The molecule has 1 amide bonds. The minimum absolute atomic E-state index is 0.212. The van der Waals surface area contributed by atoms with Crippen molar-refractivity contribution in [3.05, 3.63) is 0 Å². The van der Waals surface area contributed by atoms with Crippen LogP contribution in [0.4, 0.5) is 0 Å². The van der Waals surface area contributed by atoms with Gasteiger partial charge in [-0.05, 0) is 40.5 Å². The monoisotopic (exact) mass is 223 g/mol. The van der Waals surface area contributed by atoms with Crippen LogP contribution >= 0.6 is 0 Å². The molecule has 90 valence electrons. The van der Waals surface area contributed by atoms with Gasteiger partial charge in [0, 0.05) is 12.1 Å². The molecule has 2 atom stereocenters. The van der Waals surface area contributed by atoms with Gasteiger partial charge in [-0.15, -0.1) is 0 Å². The van der Waals surface area contributed by atoms with Gasteiger partial charge in [0.25, 0.3) is 5.91 Å². The fourth-order valence-electron chi connectivity index (χ4n) is 1.95. The van der Waals surface area contributed by atoms with Gasteiger partial charge in [0.05, 0.1) is 6.07 Å². The molecule has 2 unspecified atom stereocenters. The number of carbonyl (C=O) groups is 1. The molecule has 1 heterocycles. The molecule has 0 aromatic carbocycles. The van der Waals surface area contributed by atoms with Gasteiger partial charge in [-0.1, -0.05) is 6.42 Å². The molecule has 1 saturated heterocycles. The Kier molecular flexibility index (Phi) is 3.93. The van der Waals surface area contributed by atoms with E-state index in [1.54, 1.807) is 13.8 Å². The first kappa shape index (κ1) is 13.0. The second-order valence-electron chi connectivity index (χ2n) is 5.21. The first-order chi connectivity index (χ1) is 7.38. The number of hydrazine groups is 1. The van der Waals surface area contributed by atoms with E-state index in [1.165, 1.54) is 6.42 Å². The number of nitriles is 1. The van der Waals surface area contributed by atoms with Crippen molar-refractivity contribution in [2.24, 2.45) is 5.41 Å². The quantitative estimate of drug-likeness (QED) is 0.777. The molecule has 1 rings (SSSR count). The van der Waals surface area contributed by atoms with Crippen LogP contribution in [-0.2, 0) is 4.79 Å². The summed E-state index contributed by atoms with van der Waals surface area (Å²) >= 11 is 0. The summed E-state index contributed by atoms with van der Waals surface area (Å²) in [5.41, 5.74) is 1.92. The zero-order chi connectivity index (χ0) is 12.3. The van der Waals surface area contributed by atoms with E-state index in [0.717, 1.165) is 12.8 Å². The highest BCUT2D eigenvalue weighted by molar-refractivity contribution is 5.84. The zero-order valence-corrected chi connectivity index (χ0v) is 10.6. The number of carbonyl (C=O) groups excluding carboxylic acids is 1. The standard InChI is InChI=1S/C12H21N3O/c1-9-6-5-7-10(2)15(9)14-11(16)12(3,4)8-13/h9-10H,5-7H2,1-4H3,(H,14,16). The number of hydrogen-bond acceptors (Lipinski definition) is 3. The molecule has 4 heteroatoms. The van der Waals surface area contributed by atoms with Crippen LogP contribution in [0.1, 0.15) is 47.0 Å². The van der Waals surface area contributed by atoms with Gasteiger partial charge in [-0.25, -0.2) is 5.01 Å². The molecule has 0 bridgehead atoms. The van der Waals surface area contributed by atoms with Gasteiger partial charge in [-0.3, -0.25) is 10.2 Å². The van der Waals surface area contributed by atoms with Crippen LogP contribution < -0.4 is 5.43 Å². The second kappa shape index (κ2) is 4.84. The van der Waals surface area contributed by atoms with E-state index in [1.807, 2.05) is 11.1 Å². The molecule has 16 heavy (non-hydrogen) atoms. The number of hydrogen-bond donors (Lipinski definition) is 1. The summed E-state index contributed by atoms with van der Waals surface area (Å²) in [6, 6.07) is 2.72. The number of nitrogens with one attached hydrogen (secondary N) is 1. The molecular weight excluding hydrogens is 202 g/mol. The van der Waals surface area contributed by atoms with Crippen molar-refractivity contribution in [1.29, 1.82) is 5.26 Å². The summed E-state index contributed by atoms with van der Waals surface area (Å²) in [7, 11) is 0. The maximum absolute atomic E-state index is 11.9. The Hall–Kier alpha value is -1.08. The van der Waals surface area contributed by atoms with Crippen LogP contribution in [0.25, 0.3) is 0 Å². The molecule has 0 spiro atoms. The summed E-state index contributed by atoms with van der Waals surface area (Å²) in [5.74, 6) is -0.212. The summed E-state index contributed by atoms with van der Waals surface area (Å²) in [6.07, 6.45) is 3.39. The molecule has 0 aromatic heterocycles. The maximum Gasteiger partial charge on any atom is 0.254 e.